The number of benzene rings is 2. The molecule has 1 aliphatic heterocycles. The Hall–Kier alpha value is -2.43. The average Bonchev–Trinajstić information content (AvgIpc) is 2.93. The molecule has 0 spiro atoms. The molecule has 0 unspecified atom stereocenters. The number of carboxylic acids is 1. The van der Waals surface area contributed by atoms with E-state index in [4.69, 9.17) is 26.8 Å². The fourth-order valence-electron chi connectivity index (χ4n) is 2.55. The van der Waals surface area contributed by atoms with Crippen LogP contribution in [0.25, 0.3) is 6.08 Å². The molecule has 0 atom stereocenters. The third kappa shape index (κ3) is 4.77. The molecule has 6 nitrogen and oxygen atoms in total. The molecule has 1 saturated heterocycles. The summed E-state index contributed by atoms with van der Waals surface area (Å²) >= 11 is 9.71. The number of thioether (sulfide) groups is 1. The summed E-state index contributed by atoms with van der Waals surface area (Å²) in [5, 5.41) is 8.79. The van der Waals surface area contributed by atoms with Crippen molar-refractivity contribution in [3.63, 3.8) is 0 Å². The highest BCUT2D eigenvalue weighted by Crippen LogP contribution is 2.40. The van der Waals surface area contributed by atoms with Gasteiger partial charge >= 0.3 is 5.97 Å². The van der Waals surface area contributed by atoms with E-state index in [-0.39, 0.29) is 11.7 Å². The van der Waals surface area contributed by atoms with E-state index in [2.05, 4.69) is 15.9 Å². The highest BCUT2D eigenvalue weighted by Gasteiger charge is 2.33. The van der Waals surface area contributed by atoms with Crippen molar-refractivity contribution >= 4 is 67.9 Å². The first kappa shape index (κ1) is 21.3. The highest BCUT2D eigenvalue weighted by atomic mass is 79.9. The average molecular weight is 498 g/mol. The molecule has 1 heterocycles. The smallest absolute Gasteiger partial charge is 0.341 e. The van der Waals surface area contributed by atoms with E-state index >= 15 is 0 Å². The van der Waals surface area contributed by atoms with Crippen LogP contribution in [0.5, 0.6) is 11.5 Å². The first-order chi connectivity index (χ1) is 13.8. The summed E-state index contributed by atoms with van der Waals surface area (Å²) in [6.07, 6.45) is 1.62. The lowest BCUT2D eigenvalue weighted by molar-refractivity contribution is -0.139. The molecule has 0 aliphatic carbocycles. The number of ether oxygens (including phenoxy) is 2. The molecule has 3 rings (SSSR count). The van der Waals surface area contributed by atoms with Crippen molar-refractivity contribution in [3.05, 3.63) is 57.2 Å². The number of halogens is 2. The number of carboxylic acid groups (broad SMARTS) is 1. The lowest BCUT2D eigenvalue weighted by Gasteiger charge is -2.14. The predicted octanol–water partition coefficient (Wildman–Crippen LogP) is 4.47. The minimum Gasteiger partial charge on any atom is -0.493 e. The zero-order valence-electron chi connectivity index (χ0n) is 14.8. The lowest BCUT2D eigenvalue weighted by Crippen LogP contribution is -2.27. The fourth-order valence-corrected chi connectivity index (χ4v) is 4.43. The Morgan fingerprint density at radius 1 is 1.38 bits per heavy atom. The first-order valence-corrected chi connectivity index (χ1v) is 10.1. The molecule has 10 heteroatoms. The minimum absolute atomic E-state index is 0.236. The van der Waals surface area contributed by atoms with Gasteiger partial charge in [0, 0.05) is 0 Å². The van der Waals surface area contributed by atoms with E-state index in [1.807, 2.05) is 0 Å². The fraction of sp³-hybridized carbons (Fsp3) is 0.105. The van der Waals surface area contributed by atoms with Gasteiger partial charge in [-0.1, -0.05) is 30.0 Å². The van der Waals surface area contributed by atoms with Crippen LogP contribution < -0.4 is 14.4 Å². The Bertz CT molecular complexity index is 1040. The van der Waals surface area contributed by atoms with Gasteiger partial charge in [-0.25, -0.2) is 9.18 Å². The van der Waals surface area contributed by atoms with Crippen molar-refractivity contribution < 1.29 is 28.6 Å². The molecule has 1 N–H and O–H groups in total. The normalized spacial score (nSPS) is 15.1. The van der Waals surface area contributed by atoms with Crippen LogP contribution >= 0.6 is 39.9 Å². The Morgan fingerprint density at radius 2 is 2.14 bits per heavy atom. The molecule has 0 radical (unpaired) electrons. The third-order valence-corrected chi connectivity index (χ3v) is 5.64. The van der Waals surface area contributed by atoms with Gasteiger partial charge in [0.05, 0.1) is 22.2 Å². The van der Waals surface area contributed by atoms with E-state index in [0.717, 1.165) is 11.8 Å². The largest absolute Gasteiger partial charge is 0.493 e. The van der Waals surface area contributed by atoms with Crippen LogP contribution in [0.1, 0.15) is 5.56 Å². The quantitative estimate of drug-likeness (QED) is 0.466. The molecular weight excluding hydrogens is 485 g/mol. The van der Waals surface area contributed by atoms with Gasteiger partial charge < -0.3 is 14.6 Å². The monoisotopic (exact) mass is 497 g/mol. The lowest BCUT2D eigenvalue weighted by atomic mass is 10.1. The summed E-state index contributed by atoms with van der Waals surface area (Å²) in [7, 11) is 1.42. The molecule has 2 aromatic rings. The van der Waals surface area contributed by atoms with Crippen LogP contribution in [-0.4, -0.2) is 35.0 Å². The summed E-state index contributed by atoms with van der Waals surface area (Å²) in [4.78, 5) is 25.2. The van der Waals surface area contributed by atoms with Crippen molar-refractivity contribution in [3.8, 4) is 11.5 Å². The van der Waals surface area contributed by atoms with E-state index < -0.39 is 18.4 Å². The standard InChI is InChI=1S/C19H13BrFNO5S2/c1-26-14-6-10(5-13(20)17(14)27-9-16(23)24)7-15-18(25)22(19(28)29-15)12-4-2-3-11(21)8-12/h2-8H,9H2,1H3,(H,23,24)/b15-7+. The maximum Gasteiger partial charge on any atom is 0.341 e. The second-order valence-electron chi connectivity index (χ2n) is 5.71. The highest BCUT2D eigenvalue weighted by molar-refractivity contribution is 9.10. The van der Waals surface area contributed by atoms with Crippen LogP contribution in [0.3, 0.4) is 0 Å². The van der Waals surface area contributed by atoms with Crippen molar-refractivity contribution in [1.29, 1.82) is 0 Å². The number of rotatable bonds is 6. The van der Waals surface area contributed by atoms with Gasteiger partial charge in [-0.15, -0.1) is 0 Å². The van der Waals surface area contributed by atoms with Crippen LogP contribution in [0.2, 0.25) is 0 Å². The summed E-state index contributed by atoms with van der Waals surface area (Å²) in [6, 6.07) is 8.90. The van der Waals surface area contributed by atoms with Gasteiger partial charge in [0.15, 0.2) is 22.4 Å². The maximum atomic E-state index is 13.5. The van der Waals surface area contributed by atoms with Crippen LogP contribution in [0.15, 0.2) is 45.8 Å². The summed E-state index contributed by atoms with van der Waals surface area (Å²) in [5.74, 6) is -1.42. The predicted molar refractivity (Wildman–Crippen MR) is 116 cm³/mol. The molecule has 0 bridgehead atoms. The molecule has 0 saturated carbocycles. The maximum absolute atomic E-state index is 13.5. The summed E-state index contributed by atoms with van der Waals surface area (Å²) in [6.45, 7) is -0.527. The number of hydrogen-bond acceptors (Lipinski definition) is 6. The van der Waals surface area contributed by atoms with E-state index in [1.165, 1.54) is 30.2 Å². The van der Waals surface area contributed by atoms with Gasteiger partial charge in [-0.05, 0) is 57.9 Å². The molecule has 2 aromatic carbocycles. The number of anilines is 1. The number of hydrogen-bond donors (Lipinski definition) is 1. The van der Waals surface area contributed by atoms with Crippen molar-refractivity contribution in [1.82, 2.24) is 0 Å². The zero-order valence-corrected chi connectivity index (χ0v) is 18.1. The van der Waals surface area contributed by atoms with Gasteiger partial charge in [0.2, 0.25) is 0 Å². The molecule has 1 amide bonds. The van der Waals surface area contributed by atoms with Gasteiger partial charge in [-0.3, -0.25) is 9.69 Å². The van der Waals surface area contributed by atoms with E-state index in [0.29, 0.717) is 30.7 Å². The number of aliphatic carboxylic acids is 1. The second kappa shape index (κ2) is 8.93. The van der Waals surface area contributed by atoms with Gasteiger partial charge in [-0.2, -0.15) is 0 Å². The zero-order chi connectivity index (χ0) is 21.1. The Labute approximate surface area is 183 Å². The van der Waals surface area contributed by atoms with Gasteiger partial charge in [0.25, 0.3) is 5.91 Å². The molecular formula is C19H13BrFNO5S2. The number of carbonyl (C=O) groups is 2. The topological polar surface area (TPSA) is 76.1 Å². The Morgan fingerprint density at radius 3 is 2.79 bits per heavy atom. The molecule has 150 valence electrons. The number of methoxy groups -OCH3 is 1. The Kier molecular flexibility index (Phi) is 6.56. The molecule has 0 aromatic heterocycles. The number of carbonyl (C=O) groups excluding carboxylic acids is 1. The minimum atomic E-state index is -1.12. The number of thiocarbonyl (C=S) groups is 1. The van der Waals surface area contributed by atoms with Crippen molar-refractivity contribution in [2.24, 2.45) is 0 Å². The summed E-state index contributed by atoms with van der Waals surface area (Å²) in [5.41, 5.74) is 0.961. The van der Waals surface area contributed by atoms with Crippen LogP contribution in [0, 0.1) is 5.82 Å². The summed E-state index contributed by atoms with van der Waals surface area (Å²) < 4.78 is 24.8. The SMILES string of the molecule is COc1cc(/C=C2/SC(=S)N(c3cccc(F)c3)C2=O)cc(Br)c1OCC(=O)O. The molecule has 1 fully saturated rings. The van der Waals surface area contributed by atoms with E-state index in [1.54, 1.807) is 24.3 Å². The van der Waals surface area contributed by atoms with Gasteiger partial charge in [0.1, 0.15) is 5.82 Å². The van der Waals surface area contributed by atoms with Crippen LogP contribution in [0.4, 0.5) is 10.1 Å². The first-order valence-electron chi connectivity index (χ1n) is 8.06. The Balaban J connectivity index is 1.92. The third-order valence-electron chi connectivity index (χ3n) is 3.75. The molecule has 1 aliphatic rings. The number of amides is 1. The van der Waals surface area contributed by atoms with Crippen molar-refractivity contribution in [2.75, 3.05) is 18.6 Å². The van der Waals surface area contributed by atoms with E-state index in [9.17, 15) is 14.0 Å². The molecule has 29 heavy (non-hydrogen) atoms. The van der Waals surface area contributed by atoms with Crippen molar-refractivity contribution in [2.45, 2.75) is 0 Å². The second-order valence-corrected chi connectivity index (χ2v) is 8.24. The number of nitrogens with zero attached hydrogens (tertiary/aromatic N) is 1. The van der Waals surface area contributed by atoms with Crippen LogP contribution in [-0.2, 0) is 9.59 Å².